The van der Waals surface area contributed by atoms with E-state index in [9.17, 15) is 0 Å². The van der Waals surface area contributed by atoms with Gasteiger partial charge in [-0.3, -0.25) is 0 Å². The molecule has 0 saturated carbocycles. The highest BCUT2D eigenvalue weighted by molar-refractivity contribution is 7.71. The van der Waals surface area contributed by atoms with Gasteiger partial charge < -0.3 is 9.40 Å². The third-order valence-electron chi connectivity index (χ3n) is 2.32. The maximum atomic E-state index is 5.24. The first-order valence-corrected chi connectivity index (χ1v) is 5.13. The standard InChI is InChI=1S/C11H7N3OS/c16-11-12-4-3-8(14-11)7-1-2-9-10(5-7)15-6-13-9/h1-6H,(H,12,14,16). The molecule has 16 heavy (non-hydrogen) atoms. The number of rotatable bonds is 1. The summed E-state index contributed by atoms with van der Waals surface area (Å²) in [5.41, 5.74) is 3.51. The van der Waals surface area contributed by atoms with Crippen LogP contribution in [0.4, 0.5) is 0 Å². The van der Waals surface area contributed by atoms with E-state index < -0.39 is 0 Å². The molecule has 0 radical (unpaired) electrons. The fourth-order valence-electron chi connectivity index (χ4n) is 1.56. The van der Waals surface area contributed by atoms with E-state index in [0.717, 1.165) is 22.4 Å². The quantitative estimate of drug-likeness (QED) is 0.652. The molecule has 0 fully saturated rings. The van der Waals surface area contributed by atoms with E-state index in [1.54, 1.807) is 6.20 Å². The monoisotopic (exact) mass is 229 g/mol. The van der Waals surface area contributed by atoms with Crippen molar-refractivity contribution in [1.29, 1.82) is 0 Å². The SMILES string of the molecule is S=c1nccc(-c2ccc3ncoc3c2)[nH]1. The molecule has 0 aliphatic rings. The van der Waals surface area contributed by atoms with Crippen molar-refractivity contribution in [3.8, 4) is 11.3 Å². The summed E-state index contributed by atoms with van der Waals surface area (Å²) < 4.78 is 5.71. The van der Waals surface area contributed by atoms with Gasteiger partial charge in [0, 0.05) is 17.5 Å². The van der Waals surface area contributed by atoms with Crippen LogP contribution in [-0.4, -0.2) is 15.0 Å². The second kappa shape index (κ2) is 3.53. The lowest BCUT2D eigenvalue weighted by Gasteiger charge is -2.00. The lowest BCUT2D eigenvalue weighted by Crippen LogP contribution is -1.85. The van der Waals surface area contributed by atoms with Crippen LogP contribution in [0.1, 0.15) is 0 Å². The number of oxazole rings is 1. The third kappa shape index (κ3) is 1.51. The number of benzene rings is 1. The second-order valence-electron chi connectivity index (χ2n) is 3.32. The minimum Gasteiger partial charge on any atom is -0.443 e. The Morgan fingerprint density at radius 2 is 2.12 bits per heavy atom. The van der Waals surface area contributed by atoms with E-state index >= 15 is 0 Å². The number of hydrogen-bond acceptors (Lipinski definition) is 4. The third-order valence-corrected chi connectivity index (χ3v) is 2.52. The predicted octanol–water partition coefficient (Wildman–Crippen LogP) is 2.95. The number of H-pyrrole nitrogens is 1. The molecule has 0 spiro atoms. The summed E-state index contributed by atoms with van der Waals surface area (Å²) in [6, 6.07) is 7.66. The van der Waals surface area contributed by atoms with Gasteiger partial charge in [0.2, 0.25) is 0 Å². The van der Waals surface area contributed by atoms with Crippen molar-refractivity contribution in [2.24, 2.45) is 0 Å². The average Bonchev–Trinajstić information content (AvgIpc) is 2.75. The zero-order valence-corrected chi connectivity index (χ0v) is 8.99. The van der Waals surface area contributed by atoms with Crippen LogP contribution in [0.2, 0.25) is 0 Å². The van der Waals surface area contributed by atoms with Crippen LogP contribution in [0, 0.1) is 4.77 Å². The van der Waals surface area contributed by atoms with Crippen LogP contribution in [-0.2, 0) is 0 Å². The van der Waals surface area contributed by atoms with E-state index in [-0.39, 0.29) is 0 Å². The smallest absolute Gasteiger partial charge is 0.197 e. The number of nitrogens with zero attached hydrogens (tertiary/aromatic N) is 2. The van der Waals surface area contributed by atoms with Gasteiger partial charge in [0.15, 0.2) is 16.7 Å². The van der Waals surface area contributed by atoms with Gasteiger partial charge in [-0.05, 0) is 30.4 Å². The number of nitrogens with one attached hydrogen (secondary N) is 1. The summed E-state index contributed by atoms with van der Waals surface area (Å²) in [7, 11) is 0. The molecule has 3 aromatic rings. The number of aromatic nitrogens is 3. The van der Waals surface area contributed by atoms with Crippen molar-refractivity contribution in [2.45, 2.75) is 0 Å². The minimum atomic E-state index is 0.468. The Bertz CT molecular complexity index is 701. The van der Waals surface area contributed by atoms with Crippen molar-refractivity contribution in [2.75, 3.05) is 0 Å². The molecule has 0 aliphatic heterocycles. The largest absolute Gasteiger partial charge is 0.443 e. The highest BCUT2D eigenvalue weighted by atomic mass is 32.1. The molecule has 0 saturated heterocycles. The normalized spacial score (nSPS) is 10.8. The summed E-state index contributed by atoms with van der Waals surface area (Å²) in [5, 5.41) is 0. The maximum Gasteiger partial charge on any atom is 0.197 e. The van der Waals surface area contributed by atoms with Crippen LogP contribution in [0.5, 0.6) is 0 Å². The highest BCUT2D eigenvalue weighted by Gasteiger charge is 2.02. The Morgan fingerprint density at radius 1 is 1.19 bits per heavy atom. The van der Waals surface area contributed by atoms with E-state index in [2.05, 4.69) is 15.0 Å². The van der Waals surface area contributed by atoms with Gasteiger partial charge in [-0.15, -0.1) is 0 Å². The molecule has 1 N–H and O–H groups in total. The van der Waals surface area contributed by atoms with Gasteiger partial charge in [0.05, 0.1) is 0 Å². The Kier molecular flexibility index (Phi) is 2.04. The maximum absolute atomic E-state index is 5.24. The highest BCUT2D eigenvalue weighted by Crippen LogP contribution is 2.21. The fourth-order valence-corrected chi connectivity index (χ4v) is 1.73. The lowest BCUT2D eigenvalue weighted by molar-refractivity contribution is 0.602. The first-order valence-electron chi connectivity index (χ1n) is 4.72. The first kappa shape index (κ1) is 9.23. The van der Waals surface area contributed by atoms with Gasteiger partial charge in [0.1, 0.15) is 5.52 Å². The van der Waals surface area contributed by atoms with Crippen LogP contribution in [0.25, 0.3) is 22.4 Å². The summed E-state index contributed by atoms with van der Waals surface area (Å²) in [5.74, 6) is 0. The Hall–Kier alpha value is -2.01. The predicted molar refractivity (Wildman–Crippen MR) is 62.4 cm³/mol. The zero-order valence-electron chi connectivity index (χ0n) is 8.18. The van der Waals surface area contributed by atoms with Crippen molar-refractivity contribution in [1.82, 2.24) is 15.0 Å². The van der Waals surface area contributed by atoms with E-state index in [1.165, 1.54) is 6.39 Å². The molecule has 78 valence electrons. The molecule has 4 nitrogen and oxygen atoms in total. The summed E-state index contributed by atoms with van der Waals surface area (Å²) in [6.45, 7) is 0. The average molecular weight is 229 g/mol. The molecule has 1 aromatic carbocycles. The first-order chi connectivity index (χ1) is 7.83. The summed E-state index contributed by atoms with van der Waals surface area (Å²) in [4.78, 5) is 11.0. The minimum absolute atomic E-state index is 0.468. The van der Waals surface area contributed by atoms with Crippen molar-refractivity contribution < 1.29 is 4.42 Å². The van der Waals surface area contributed by atoms with Crippen LogP contribution >= 0.6 is 12.2 Å². The molecule has 0 amide bonds. The number of hydrogen-bond donors (Lipinski definition) is 1. The fraction of sp³-hybridized carbons (Fsp3) is 0. The lowest BCUT2D eigenvalue weighted by atomic mass is 10.1. The van der Waals surface area contributed by atoms with Gasteiger partial charge in [-0.2, -0.15) is 0 Å². The van der Waals surface area contributed by atoms with E-state index in [4.69, 9.17) is 16.6 Å². The van der Waals surface area contributed by atoms with Gasteiger partial charge in [-0.25, -0.2) is 9.97 Å². The van der Waals surface area contributed by atoms with Gasteiger partial charge in [0.25, 0.3) is 0 Å². The number of fused-ring (bicyclic) bond motifs is 1. The summed E-state index contributed by atoms with van der Waals surface area (Å²) in [6.07, 6.45) is 3.11. The van der Waals surface area contributed by atoms with Crippen molar-refractivity contribution in [3.63, 3.8) is 0 Å². The summed E-state index contributed by atoms with van der Waals surface area (Å²) >= 11 is 4.98. The molecule has 0 bridgehead atoms. The van der Waals surface area contributed by atoms with Crippen molar-refractivity contribution in [3.05, 3.63) is 41.6 Å². The van der Waals surface area contributed by atoms with Crippen LogP contribution < -0.4 is 0 Å². The van der Waals surface area contributed by atoms with Crippen LogP contribution in [0.3, 0.4) is 0 Å². The van der Waals surface area contributed by atoms with Gasteiger partial charge in [-0.1, -0.05) is 6.07 Å². The topological polar surface area (TPSA) is 54.7 Å². The molecule has 2 heterocycles. The molecular formula is C11H7N3OS. The van der Waals surface area contributed by atoms with Crippen molar-refractivity contribution >= 4 is 23.3 Å². The molecule has 0 unspecified atom stereocenters. The Labute approximate surface area is 96.0 Å². The molecule has 2 aromatic heterocycles. The molecule has 0 aliphatic carbocycles. The Morgan fingerprint density at radius 3 is 3.00 bits per heavy atom. The second-order valence-corrected chi connectivity index (χ2v) is 3.71. The molecule has 5 heteroatoms. The molecule has 0 atom stereocenters. The van der Waals surface area contributed by atoms with E-state index in [0.29, 0.717) is 4.77 Å². The van der Waals surface area contributed by atoms with E-state index in [1.807, 2.05) is 24.3 Å². The van der Waals surface area contributed by atoms with Crippen LogP contribution in [0.15, 0.2) is 41.3 Å². The number of aromatic amines is 1. The molecule has 3 rings (SSSR count). The Balaban J connectivity index is 2.21. The van der Waals surface area contributed by atoms with Gasteiger partial charge >= 0.3 is 0 Å². The zero-order chi connectivity index (χ0) is 11.0. The molecular weight excluding hydrogens is 222 g/mol.